The molecule has 1 aliphatic rings. The number of hydrogen-bond acceptors (Lipinski definition) is 6. The van der Waals surface area contributed by atoms with Crippen LogP contribution in [0.15, 0.2) is 28.2 Å². The first-order valence-electron chi connectivity index (χ1n) is 9.84. The molecule has 3 rings (SSSR count). The molecule has 2 aromatic rings. The third kappa shape index (κ3) is 5.51. The van der Waals surface area contributed by atoms with Crippen LogP contribution in [0.5, 0.6) is 0 Å². The number of rotatable bonds is 8. The Bertz CT molecular complexity index is 944. The van der Waals surface area contributed by atoms with Crippen LogP contribution >= 0.6 is 11.8 Å². The lowest BCUT2D eigenvalue weighted by atomic mass is 10.1. The molecular weight excluding hydrogens is 406 g/mol. The molecule has 162 valence electrons. The molecule has 1 saturated heterocycles. The van der Waals surface area contributed by atoms with Gasteiger partial charge in [0.25, 0.3) is 0 Å². The summed E-state index contributed by atoms with van der Waals surface area (Å²) >= 11 is 1.17. The Kier molecular flexibility index (Phi) is 7.33. The number of H-pyrrole nitrogens is 1. The van der Waals surface area contributed by atoms with Gasteiger partial charge in [-0.3, -0.25) is 14.2 Å². The SMILES string of the molecule is Cc1cccc(C)c1NC(=O)CN(C)C(=O)CSc1n[nH]c(=O)n1CC1CCCO1. The molecule has 2 N–H and O–H groups in total. The molecule has 0 bridgehead atoms. The lowest BCUT2D eigenvalue weighted by Crippen LogP contribution is -2.36. The van der Waals surface area contributed by atoms with Crippen LogP contribution in [0.25, 0.3) is 0 Å². The number of hydrogen-bond donors (Lipinski definition) is 2. The number of nitrogens with zero attached hydrogens (tertiary/aromatic N) is 3. The molecule has 10 heteroatoms. The third-order valence-electron chi connectivity index (χ3n) is 5.01. The van der Waals surface area contributed by atoms with E-state index in [-0.39, 0.29) is 35.9 Å². The molecule has 1 aromatic heterocycles. The molecule has 2 heterocycles. The number of ether oxygens (including phenoxy) is 1. The van der Waals surface area contributed by atoms with Gasteiger partial charge in [0.15, 0.2) is 5.16 Å². The summed E-state index contributed by atoms with van der Waals surface area (Å²) in [6.07, 6.45) is 1.87. The molecule has 1 aliphatic heterocycles. The van der Waals surface area contributed by atoms with Gasteiger partial charge in [0.05, 0.1) is 24.9 Å². The second kappa shape index (κ2) is 9.94. The molecule has 9 nitrogen and oxygen atoms in total. The minimum Gasteiger partial charge on any atom is -0.376 e. The first-order chi connectivity index (χ1) is 14.3. The highest BCUT2D eigenvalue weighted by Crippen LogP contribution is 2.20. The Morgan fingerprint density at radius 3 is 2.77 bits per heavy atom. The Labute approximate surface area is 179 Å². The molecule has 1 unspecified atom stereocenters. The minimum atomic E-state index is -0.318. The van der Waals surface area contributed by atoms with Crippen molar-refractivity contribution >= 4 is 29.3 Å². The van der Waals surface area contributed by atoms with E-state index < -0.39 is 0 Å². The van der Waals surface area contributed by atoms with E-state index in [4.69, 9.17) is 4.74 Å². The Morgan fingerprint density at radius 2 is 2.10 bits per heavy atom. The zero-order valence-electron chi connectivity index (χ0n) is 17.4. The molecular formula is C20H27N5O4S. The molecule has 1 fully saturated rings. The second-order valence-corrected chi connectivity index (χ2v) is 8.35. The molecule has 0 radical (unpaired) electrons. The fraction of sp³-hybridized carbons (Fsp3) is 0.500. The Morgan fingerprint density at radius 1 is 1.37 bits per heavy atom. The number of aromatic nitrogens is 3. The van der Waals surface area contributed by atoms with Gasteiger partial charge in [-0.25, -0.2) is 9.89 Å². The molecule has 30 heavy (non-hydrogen) atoms. The Hall–Kier alpha value is -2.59. The molecule has 1 aromatic carbocycles. The summed E-state index contributed by atoms with van der Waals surface area (Å²) in [4.78, 5) is 38.2. The number of aromatic amines is 1. The van der Waals surface area contributed by atoms with E-state index in [9.17, 15) is 14.4 Å². The van der Waals surface area contributed by atoms with Crippen LogP contribution in [-0.4, -0.2) is 63.5 Å². The number of benzene rings is 1. The highest BCUT2D eigenvalue weighted by atomic mass is 32.2. The van der Waals surface area contributed by atoms with Gasteiger partial charge in [0.1, 0.15) is 0 Å². The highest BCUT2D eigenvalue weighted by Gasteiger charge is 2.21. The molecule has 1 atom stereocenters. The summed E-state index contributed by atoms with van der Waals surface area (Å²) in [7, 11) is 1.58. The van der Waals surface area contributed by atoms with Crippen LogP contribution in [-0.2, 0) is 20.9 Å². The number of carbonyl (C=O) groups excluding carboxylic acids is 2. The van der Waals surface area contributed by atoms with E-state index in [0.29, 0.717) is 18.3 Å². The van der Waals surface area contributed by atoms with Crippen molar-refractivity contribution in [3.8, 4) is 0 Å². The summed E-state index contributed by atoms with van der Waals surface area (Å²) in [6, 6.07) is 5.78. The van der Waals surface area contributed by atoms with E-state index >= 15 is 0 Å². The van der Waals surface area contributed by atoms with Crippen molar-refractivity contribution in [2.45, 2.75) is 44.5 Å². The predicted octanol–water partition coefficient (Wildman–Crippen LogP) is 1.56. The average molecular weight is 434 g/mol. The van der Waals surface area contributed by atoms with E-state index in [1.54, 1.807) is 7.05 Å². The van der Waals surface area contributed by atoms with Crippen molar-refractivity contribution < 1.29 is 14.3 Å². The zero-order chi connectivity index (χ0) is 21.7. The maximum Gasteiger partial charge on any atom is 0.344 e. The van der Waals surface area contributed by atoms with Gasteiger partial charge < -0.3 is 15.0 Å². The maximum atomic E-state index is 12.5. The zero-order valence-corrected chi connectivity index (χ0v) is 18.3. The number of aryl methyl sites for hydroxylation is 2. The van der Waals surface area contributed by atoms with Crippen molar-refractivity contribution in [3.05, 3.63) is 39.8 Å². The summed E-state index contributed by atoms with van der Waals surface area (Å²) in [5.41, 5.74) is 2.39. The van der Waals surface area contributed by atoms with Crippen molar-refractivity contribution in [1.82, 2.24) is 19.7 Å². The molecule has 0 saturated carbocycles. The van der Waals surface area contributed by atoms with E-state index in [1.807, 2.05) is 32.0 Å². The van der Waals surface area contributed by atoms with Crippen LogP contribution in [0.3, 0.4) is 0 Å². The number of amides is 2. The fourth-order valence-electron chi connectivity index (χ4n) is 3.30. The van der Waals surface area contributed by atoms with Crippen molar-refractivity contribution in [2.75, 3.05) is 31.3 Å². The van der Waals surface area contributed by atoms with Crippen LogP contribution in [0.4, 0.5) is 5.69 Å². The van der Waals surface area contributed by atoms with Gasteiger partial charge in [-0.05, 0) is 37.8 Å². The van der Waals surface area contributed by atoms with Gasteiger partial charge in [0.2, 0.25) is 11.8 Å². The summed E-state index contributed by atoms with van der Waals surface area (Å²) in [5, 5.41) is 9.75. The largest absolute Gasteiger partial charge is 0.376 e. The van der Waals surface area contributed by atoms with Gasteiger partial charge in [-0.2, -0.15) is 0 Å². The summed E-state index contributed by atoms with van der Waals surface area (Å²) in [6.45, 7) is 4.91. The first-order valence-corrected chi connectivity index (χ1v) is 10.8. The maximum absolute atomic E-state index is 12.5. The number of likely N-dealkylation sites (N-methyl/N-ethyl adjacent to an activating group) is 1. The van der Waals surface area contributed by atoms with Crippen molar-refractivity contribution in [3.63, 3.8) is 0 Å². The number of thioether (sulfide) groups is 1. The average Bonchev–Trinajstić information content (AvgIpc) is 3.34. The van der Waals surface area contributed by atoms with Crippen molar-refractivity contribution in [1.29, 1.82) is 0 Å². The van der Waals surface area contributed by atoms with Gasteiger partial charge in [-0.1, -0.05) is 30.0 Å². The van der Waals surface area contributed by atoms with Gasteiger partial charge in [0, 0.05) is 19.3 Å². The number of para-hydroxylation sites is 1. The van der Waals surface area contributed by atoms with Crippen LogP contribution in [0.1, 0.15) is 24.0 Å². The molecule has 0 spiro atoms. The lowest BCUT2D eigenvalue weighted by molar-refractivity contribution is -0.131. The normalized spacial score (nSPS) is 15.9. The third-order valence-corrected chi connectivity index (χ3v) is 5.97. The van der Waals surface area contributed by atoms with E-state index in [1.165, 1.54) is 21.2 Å². The number of nitrogens with one attached hydrogen (secondary N) is 2. The van der Waals surface area contributed by atoms with Gasteiger partial charge in [-0.15, -0.1) is 5.10 Å². The van der Waals surface area contributed by atoms with Crippen LogP contribution in [0.2, 0.25) is 0 Å². The predicted molar refractivity (Wildman–Crippen MR) is 115 cm³/mol. The van der Waals surface area contributed by atoms with Gasteiger partial charge >= 0.3 is 5.69 Å². The monoisotopic (exact) mass is 433 g/mol. The van der Waals surface area contributed by atoms with E-state index in [0.717, 1.165) is 29.7 Å². The van der Waals surface area contributed by atoms with Crippen LogP contribution in [0, 0.1) is 13.8 Å². The first kappa shape index (κ1) is 22.1. The second-order valence-electron chi connectivity index (χ2n) is 7.41. The minimum absolute atomic E-state index is 0.00776. The lowest BCUT2D eigenvalue weighted by Gasteiger charge is -2.18. The smallest absolute Gasteiger partial charge is 0.344 e. The van der Waals surface area contributed by atoms with Crippen LogP contribution < -0.4 is 11.0 Å². The molecule has 0 aliphatic carbocycles. The topological polar surface area (TPSA) is 109 Å². The summed E-state index contributed by atoms with van der Waals surface area (Å²) < 4.78 is 7.08. The molecule has 2 amide bonds. The Balaban J connectivity index is 1.52. The summed E-state index contributed by atoms with van der Waals surface area (Å²) in [5.74, 6) is -0.415. The van der Waals surface area contributed by atoms with Crippen molar-refractivity contribution in [2.24, 2.45) is 0 Å². The number of anilines is 1. The standard InChI is InChI=1S/C20H27N5O4S/c1-13-6-4-7-14(2)18(13)21-16(26)11-24(3)17(27)12-30-20-23-22-19(28)25(20)10-15-8-5-9-29-15/h4,6-7,15H,5,8-12H2,1-3H3,(H,21,26)(H,22,28). The quantitative estimate of drug-likeness (QED) is 0.612. The van der Waals surface area contributed by atoms with E-state index in [2.05, 4.69) is 15.5 Å². The highest BCUT2D eigenvalue weighted by molar-refractivity contribution is 7.99. The number of carbonyl (C=O) groups is 2. The fourth-order valence-corrected chi connectivity index (χ4v) is 4.19.